The van der Waals surface area contributed by atoms with E-state index in [9.17, 15) is 9.59 Å². The minimum absolute atomic E-state index is 0.104. The van der Waals surface area contributed by atoms with Crippen molar-refractivity contribution in [3.05, 3.63) is 0 Å². The Morgan fingerprint density at radius 2 is 1.71 bits per heavy atom. The van der Waals surface area contributed by atoms with Crippen molar-refractivity contribution in [3.63, 3.8) is 0 Å². The van der Waals surface area contributed by atoms with E-state index in [-0.39, 0.29) is 23.5 Å². The van der Waals surface area contributed by atoms with Crippen molar-refractivity contribution in [1.82, 2.24) is 5.32 Å². The number of carbonyl (C=O) groups is 2. The second-order valence-electron chi connectivity index (χ2n) is 6.51. The summed E-state index contributed by atoms with van der Waals surface area (Å²) in [5.41, 5.74) is 0. The number of methoxy groups -OCH3 is 2. The van der Waals surface area contributed by atoms with Crippen molar-refractivity contribution in [2.24, 2.45) is 0 Å². The van der Waals surface area contributed by atoms with Crippen LogP contribution >= 0.6 is 0 Å². The van der Waals surface area contributed by atoms with Crippen molar-refractivity contribution in [1.29, 1.82) is 0 Å². The van der Waals surface area contributed by atoms with Crippen LogP contribution in [0.4, 0.5) is 4.79 Å². The Bertz CT molecular complexity index is 334. The molecule has 0 heterocycles. The number of nitrogens with one attached hydrogen (secondary N) is 1. The lowest BCUT2D eigenvalue weighted by Gasteiger charge is -2.36. The van der Waals surface area contributed by atoms with Gasteiger partial charge in [-0.15, -0.1) is 0 Å². The van der Waals surface area contributed by atoms with E-state index in [4.69, 9.17) is 4.43 Å². The van der Waals surface area contributed by atoms with Crippen molar-refractivity contribution < 1.29 is 23.5 Å². The van der Waals surface area contributed by atoms with Crippen molar-refractivity contribution in [2.45, 2.75) is 57.8 Å². The molecule has 0 radical (unpaired) electrons. The number of alkyl carbamates (subject to hydrolysis) is 1. The maximum atomic E-state index is 11.4. The largest absolute Gasteiger partial charge is 0.469 e. The summed E-state index contributed by atoms with van der Waals surface area (Å²) < 4.78 is 15.2. The van der Waals surface area contributed by atoms with Crippen LogP contribution in [0.15, 0.2) is 0 Å². The van der Waals surface area contributed by atoms with Gasteiger partial charge in [0.25, 0.3) is 0 Å². The Balaban J connectivity index is 4.48. The molecule has 0 spiro atoms. The Morgan fingerprint density at radius 1 is 1.14 bits per heavy atom. The predicted octanol–water partition coefficient (Wildman–Crippen LogP) is 2.69. The Hall–Kier alpha value is -1.08. The molecule has 1 atom stereocenters. The number of hydrogen-bond acceptors (Lipinski definition) is 5. The second-order valence-corrected chi connectivity index (χ2v) is 11.3. The molecule has 0 rings (SSSR count). The van der Waals surface area contributed by atoms with Crippen molar-refractivity contribution in [3.8, 4) is 0 Å². The average Bonchev–Trinajstić information content (AvgIpc) is 2.36. The minimum atomic E-state index is -1.83. The van der Waals surface area contributed by atoms with Crippen LogP contribution in [0, 0.1) is 0 Å². The van der Waals surface area contributed by atoms with Gasteiger partial charge in [-0.2, -0.15) is 0 Å². The van der Waals surface area contributed by atoms with Gasteiger partial charge < -0.3 is 19.2 Å². The van der Waals surface area contributed by atoms with Crippen LogP contribution in [0.2, 0.25) is 18.1 Å². The fraction of sp³-hybridized carbons (Fsp3) is 0.857. The molecule has 124 valence electrons. The van der Waals surface area contributed by atoms with Crippen LogP contribution in [0.5, 0.6) is 0 Å². The van der Waals surface area contributed by atoms with E-state index in [2.05, 4.69) is 48.7 Å². The van der Waals surface area contributed by atoms with Crippen LogP contribution in [0.25, 0.3) is 0 Å². The van der Waals surface area contributed by atoms with Gasteiger partial charge in [0.2, 0.25) is 0 Å². The molecule has 1 N–H and O–H groups in total. The van der Waals surface area contributed by atoms with Gasteiger partial charge in [0.15, 0.2) is 8.32 Å². The van der Waals surface area contributed by atoms with Crippen LogP contribution in [0.3, 0.4) is 0 Å². The lowest BCUT2D eigenvalue weighted by molar-refractivity contribution is -0.141. The zero-order valence-corrected chi connectivity index (χ0v) is 15.2. The van der Waals surface area contributed by atoms with E-state index in [1.807, 2.05) is 0 Å². The molecule has 0 aliphatic rings. The molecule has 0 aromatic carbocycles. The first-order valence-electron chi connectivity index (χ1n) is 7.08. The smallest absolute Gasteiger partial charge is 0.407 e. The van der Waals surface area contributed by atoms with Gasteiger partial charge in [-0.25, -0.2) is 4.79 Å². The van der Waals surface area contributed by atoms with Crippen LogP contribution < -0.4 is 5.32 Å². The summed E-state index contributed by atoms with van der Waals surface area (Å²) in [5, 5.41) is 2.76. The van der Waals surface area contributed by atoms with E-state index >= 15 is 0 Å². The highest BCUT2D eigenvalue weighted by Crippen LogP contribution is 2.36. The molecule has 1 unspecified atom stereocenters. The summed E-state index contributed by atoms with van der Waals surface area (Å²) in [4.78, 5) is 22.7. The number of ether oxygens (including phenoxy) is 2. The number of rotatable bonds is 7. The van der Waals surface area contributed by atoms with Gasteiger partial charge in [-0.05, 0) is 24.6 Å². The SMILES string of the molecule is COC(=O)CC(CCO[Si](C)(C)C(C)(C)C)NC(=O)OC. The van der Waals surface area contributed by atoms with Gasteiger partial charge in [0.1, 0.15) is 0 Å². The maximum absolute atomic E-state index is 11.4. The third kappa shape index (κ3) is 7.47. The van der Waals surface area contributed by atoms with Crippen molar-refractivity contribution in [2.75, 3.05) is 20.8 Å². The van der Waals surface area contributed by atoms with E-state index in [1.165, 1.54) is 14.2 Å². The molecule has 0 saturated heterocycles. The molecule has 7 heteroatoms. The number of hydrogen-bond donors (Lipinski definition) is 1. The molecular formula is C14H29NO5Si. The zero-order valence-electron chi connectivity index (χ0n) is 14.2. The molecule has 6 nitrogen and oxygen atoms in total. The number of carbonyl (C=O) groups excluding carboxylic acids is 2. The molecule has 0 aliphatic carbocycles. The average molecular weight is 319 g/mol. The standard InChI is InChI=1S/C14H29NO5Si/c1-14(2,3)21(6,7)20-9-8-11(10-12(16)18-4)15-13(17)19-5/h11H,8-10H2,1-7H3,(H,15,17). The fourth-order valence-electron chi connectivity index (χ4n) is 1.41. The van der Waals surface area contributed by atoms with E-state index in [1.54, 1.807) is 0 Å². The molecule has 1 amide bonds. The lowest BCUT2D eigenvalue weighted by Crippen LogP contribution is -2.43. The third-order valence-electron chi connectivity index (χ3n) is 3.88. The molecule has 0 aromatic rings. The minimum Gasteiger partial charge on any atom is -0.469 e. The van der Waals surface area contributed by atoms with E-state index in [0.29, 0.717) is 13.0 Å². The summed E-state index contributed by atoms with van der Waals surface area (Å²) >= 11 is 0. The monoisotopic (exact) mass is 319 g/mol. The summed E-state index contributed by atoms with van der Waals surface area (Å²) in [5.74, 6) is -0.372. The highest BCUT2D eigenvalue weighted by atomic mass is 28.4. The van der Waals surface area contributed by atoms with Gasteiger partial charge >= 0.3 is 12.1 Å². The van der Waals surface area contributed by atoms with Crippen LogP contribution in [0.1, 0.15) is 33.6 Å². The van der Waals surface area contributed by atoms with Crippen LogP contribution in [-0.4, -0.2) is 47.2 Å². The first-order valence-corrected chi connectivity index (χ1v) is 9.99. The van der Waals surface area contributed by atoms with E-state index < -0.39 is 14.4 Å². The molecule has 0 bridgehead atoms. The quantitative estimate of drug-likeness (QED) is 0.577. The fourth-order valence-corrected chi connectivity index (χ4v) is 2.47. The second kappa shape index (κ2) is 8.38. The summed E-state index contributed by atoms with van der Waals surface area (Å²) in [6.45, 7) is 11.3. The first kappa shape index (κ1) is 19.9. The summed E-state index contributed by atoms with van der Waals surface area (Å²) in [6, 6.07) is -0.352. The highest BCUT2D eigenvalue weighted by Gasteiger charge is 2.37. The molecule has 0 aliphatic heterocycles. The molecule has 0 saturated carbocycles. The normalized spacial score (nSPS) is 13.5. The van der Waals surface area contributed by atoms with Gasteiger partial charge in [-0.3, -0.25) is 4.79 Å². The number of amides is 1. The van der Waals surface area contributed by atoms with Crippen molar-refractivity contribution >= 4 is 20.4 Å². The predicted molar refractivity (Wildman–Crippen MR) is 83.7 cm³/mol. The Kier molecular flexibility index (Phi) is 7.95. The third-order valence-corrected chi connectivity index (χ3v) is 8.42. The van der Waals surface area contributed by atoms with Gasteiger partial charge in [0, 0.05) is 12.6 Å². The molecule has 0 fully saturated rings. The van der Waals surface area contributed by atoms with Gasteiger partial charge in [-0.1, -0.05) is 20.8 Å². The maximum Gasteiger partial charge on any atom is 0.407 e. The molecular weight excluding hydrogens is 290 g/mol. The lowest BCUT2D eigenvalue weighted by atomic mass is 10.1. The number of esters is 1. The Morgan fingerprint density at radius 3 is 2.14 bits per heavy atom. The zero-order chi connectivity index (χ0) is 16.7. The topological polar surface area (TPSA) is 73.9 Å². The first-order chi connectivity index (χ1) is 9.53. The highest BCUT2D eigenvalue weighted by molar-refractivity contribution is 6.74. The summed E-state index contributed by atoms with van der Waals surface area (Å²) in [6.07, 6.45) is 0.0830. The molecule has 0 aromatic heterocycles. The summed E-state index contributed by atoms with van der Waals surface area (Å²) in [7, 11) is 0.783. The van der Waals surface area contributed by atoms with Crippen LogP contribution in [-0.2, 0) is 18.7 Å². The Labute approximate surface area is 128 Å². The van der Waals surface area contributed by atoms with E-state index in [0.717, 1.165) is 0 Å². The van der Waals surface area contributed by atoms with Gasteiger partial charge in [0.05, 0.1) is 20.6 Å². The molecule has 21 heavy (non-hydrogen) atoms.